The van der Waals surface area contributed by atoms with Crippen LogP contribution in [0.5, 0.6) is 0 Å². The van der Waals surface area contributed by atoms with Gasteiger partial charge in [-0.05, 0) is 19.3 Å². The van der Waals surface area contributed by atoms with Gasteiger partial charge in [0.15, 0.2) is 0 Å². The van der Waals surface area contributed by atoms with Gasteiger partial charge >= 0.3 is 6.18 Å². The molecular weight excluding hydrogens is 148 g/mol. The SMILES string of the molecule is FC12CC(C(F)(F)F)(C1)C2. The number of hydrogen-bond acceptors (Lipinski definition) is 0. The van der Waals surface area contributed by atoms with E-state index < -0.39 is 17.3 Å². The Balaban J connectivity index is 2.11. The van der Waals surface area contributed by atoms with Gasteiger partial charge in [0.05, 0.1) is 5.41 Å². The monoisotopic (exact) mass is 154 g/mol. The van der Waals surface area contributed by atoms with Crippen LogP contribution in [0.3, 0.4) is 0 Å². The maximum absolute atomic E-state index is 12.5. The molecule has 0 heterocycles. The van der Waals surface area contributed by atoms with Gasteiger partial charge in [-0.25, -0.2) is 4.39 Å². The van der Waals surface area contributed by atoms with Crippen molar-refractivity contribution in [2.45, 2.75) is 31.1 Å². The first kappa shape index (κ1) is 6.43. The molecule has 0 aliphatic heterocycles. The van der Waals surface area contributed by atoms with Crippen LogP contribution < -0.4 is 0 Å². The second-order valence-corrected chi connectivity index (χ2v) is 3.46. The lowest BCUT2D eigenvalue weighted by Crippen LogP contribution is -2.70. The Labute approximate surface area is 55.2 Å². The van der Waals surface area contributed by atoms with E-state index in [2.05, 4.69) is 0 Å². The summed E-state index contributed by atoms with van der Waals surface area (Å²) >= 11 is 0. The number of halogens is 4. The Morgan fingerprint density at radius 2 is 1.40 bits per heavy atom. The fourth-order valence-corrected chi connectivity index (χ4v) is 1.96. The van der Waals surface area contributed by atoms with Crippen molar-refractivity contribution in [2.24, 2.45) is 5.41 Å². The Morgan fingerprint density at radius 1 is 1.00 bits per heavy atom. The summed E-state index contributed by atoms with van der Waals surface area (Å²) in [5, 5.41) is 0. The molecule has 3 saturated carbocycles. The van der Waals surface area contributed by atoms with Crippen LogP contribution in [0.25, 0.3) is 0 Å². The minimum Gasteiger partial charge on any atom is -0.244 e. The molecule has 0 spiro atoms. The first-order valence-electron chi connectivity index (χ1n) is 3.13. The topological polar surface area (TPSA) is 0 Å². The fourth-order valence-electron chi connectivity index (χ4n) is 1.96. The van der Waals surface area contributed by atoms with Gasteiger partial charge in [-0.1, -0.05) is 0 Å². The van der Waals surface area contributed by atoms with E-state index in [4.69, 9.17) is 0 Å². The highest BCUT2D eigenvalue weighted by Crippen LogP contribution is 2.75. The van der Waals surface area contributed by atoms with E-state index in [1.807, 2.05) is 0 Å². The van der Waals surface area contributed by atoms with Crippen LogP contribution in [0.2, 0.25) is 0 Å². The Morgan fingerprint density at radius 3 is 1.50 bits per heavy atom. The second-order valence-electron chi connectivity index (χ2n) is 3.46. The summed E-state index contributed by atoms with van der Waals surface area (Å²) < 4.78 is 48.3. The van der Waals surface area contributed by atoms with Crippen LogP contribution in [0.15, 0.2) is 0 Å². The molecule has 3 aliphatic rings. The molecule has 58 valence electrons. The predicted molar refractivity (Wildman–Crippen MR) is 26.2 cm³/mol. The third-order valence-corrected chi connectivity index (χ3v) is 2.57. The van der Waals surface area contributed by atoms with Gasteiger partial charge in [0.2, 0.25) is 0 Å². The van der Waals surface area contributed by atoms with Crippen molar-refractivity contribution in [2.75, 3.05) is 0 Å². The molecule has 0 amide bonds. The van der Waals surface area contributed by atoms with Crippen molar-refractivity contribution in [3.05, 3.63) is 0 Å². The number of hydrogen-bond donors (Lipinski definition) is 0. The molecule has 0 aromatic carbocycles. The minimum atomic E-state index is -4.17. The van der Waals surface area contributed by atoms with E-state index in [1.54, 1.807) is 0 Å². The summed E-state index contributed by atoms with van der Waals surface area (Å²) in [5.74, 6) is 0. The highest BCUT2D eigenvalue weighted by atomic mass is 19.4. The van der Waals surface area contributed by atoms with Gasteiger partial charge < -0.3 is 0 Å². The van der Waals surface area contributed by atoms with Crippen molar-refractivity contribution in [3.8, 4) is 0 Å². The summed E-state index contributed by atoms with van der Waals surface area (Å²) in [6.07, 6.45) is -5.03. The largest absolute Gasteiger partial charge is 0.394 e. The van der Waals surface area contributed by atoms with E-state index in [9.17, 15) is 17.6 Å². The molecule has 0 N–H and O–H groups in total. The van der Waals surface area contributed by atoms with Crippen molar-refractivity contribution < 1.29 is 17.6 Å². The number of rotatable bonds is 0. The second kappa shape index (κ2) is 1.21. The molecule has 0 aromatic rings. The van der Waals surface area contributed by atoms with Crippen LogP contribution >= 0.6 is 0 Å². The maximum Gasteiger partial charge on any atom is 0.394 e. The van der Waals surface area contributed by atoms with Crippen LogP contribution in [0.4, 0.5) is 17.6 Å². The third-order valence-electron chi connectivity index (χ3n) is 2.57. The molecule has 0 aromatic heterocycles. The highest BCUT2D eigenvalue weighted by Gasteiger charge is 2.79. The van der Waals surface area contributed by atoms with Gasteiger partial charge in [0, 0.05) is 0 Å². The smallest absolute Gasteiger partial charge is 0.244 e. The fraction of sp³-hybridized carbons (Fsp3) is 1.00. The lowest BCUT2D eigenvalue weighted by atomic mass is 9.42. The molecule has 0 saturated heterocycles. The summed E-state index contributed by atoms with van der Waals surface area (Å²) in [6, 6.07) is 0. The van der Waals surface area contributed by atoms with Gasteiger partial charge in [0.1, 0.15) is 5.67 Å². The molecule has 0 nitrogen and oxygen atoms in total. The van der Waals surface area contributed by atoms with E-state index in [-0.39, 0.29) is 19.3 Å². The lowest BCUT2D eigenvalue weighted by Gasteiger charge is -2.65. The normalized spacial score (nSPS) is 51.6. The molecule has 0 radical (unpaired) electrons. The van der Waals surface area contributed by atoms with E-state index in [1.165, 1.54) is 0 Å². The van der Waals surface area contributed by atoms with Gasteiger partial charge in [-0.2, -0.15) is 13.2 Å². The summed E-state index contributed by atoms with van der Waals surface area (Å²) in [6.45, 7) is 0. The molecule has 0 unspecified atom stereocenters. The van der Waals surface area contributed by atoms with Crippen molar-refractivity contribution in [1.29, 1.82) is 0 Å². The predicted octanol–water partition coefficient (Wildman–Crippen LogP) is 2.44. The van der Waals surface area contributed by atoms with E-state index in [0.717, 1.165) is 0 Å². The zero-order chi connectivity index (χ0) is 7.62. The third kappa shape index (κ3) is 0.488. The molecule has 4 heteroatoms. The van der Waals surface area contributed by atoms with Crippen LogP contribution in [-0.2, 0) is 0 Å². The molecular formula is C6H6F4. The van der Waals surface area contributed by atoms with Crippen LogP contribution in [0.1, 0.15) is 19.3 Å². The van der Waals surface area contributed by atoms with Gasteiger partial charge in [-0.15, -0.1) is 0 Å². The minimum absolute atomic E-state index is 0.288. The zero-order valence-corrected chi connectivity index (χ0v) is 5.13. The van der Waals surface area contributed by atoms with Gasteiger partial charge in [-0.3, -0.25) is 0 Å². The molecule has 10 heavy (non-hydrogen) atoms. The van der Waals surface area contributed by atoms with Crippen LogP contribution in [-0.4, -0.2) is 11.8 Å². The van der Waals surface area contributed by atoms with Crippen molar-refractivity contribution in [3.63, 3.8) is 0 Å². The van der Waals surface area contributed by atoms with Crippen molar-refractivity contribution >= 4 is 0 Å². The molecule has 2 bridgehead atoms. The number of alkyl halides is 4. The Kier molecular flexibility index (Phi) is 0.779. The lowest BCUT2D eigenvalue weighted by molar-refractivity contribution is -0.362. The van der Waals surface area contributed by atoms with Crippen LogP contribution in [0, 0.1) is 5.41 Å². The molecule has 3 rings (SSSR count). The quantitative estimate of drug-likeness (QED) is 0.470. The standard InChI is InChI=1S/C6H6F4/c7-5-1-4(2-5,3-5)6(8,9)10/h1-3H2. The summed E-state index contributed by atoms with van der Waals surface area (Å²) in [4.78, 5) is 0. The zero-order valence-electron chi connectivity index (χ0n) is 5.13. The maximum atomic E-state index is 12.5. The molecule has 3 fully saturated rings. The molecule has 3 aliphatic carbocycles. The first-order chi connectivity index (χ1) is 4.37. The molecule has 0 atom stereocenters. The van der Waals surface area contributed by atoms with Crippen molar-refractivity contribution in [1.82, 2.24) is 0 Å². The average Bonchev–Trinajstić information content (AvgIpc) is 1.51. The Bertz CT molecular complexity index is 161. The first-order valence-corrected chi connectivity index (χ1v) is 3.13. The summed E-state index contributed by atoms with van der Waals surface area (Å²) in [7, 11) is 0. The summed E-state index contributed by atoms with van der Waals surface area (Å²) in [5.41, 5.74) is -3.04. The average molecular weight is 154 g/mol. The highest BCUT2D eigenvalue weighted by molar-refractivity contribution is 5.21. The van der Waals surface area contributed by atoms with E-state index >= 15 is 0 Å². The van der Waals surface area contributed by atoms with E-state index in [0.29, 0.717) is 0 Å². The Hall–Kier alpha value is -0.280. The van der Waals surface area contributed by atoms with Gasteiger partial charge in [0.25, 0.3) is 0 Å².